The maximum Gasteiger partial charge on any atom is 0.276 e. The van der Waals surface area contributed by atoms with Crippen LogP contribution in [0, 0.1) is 6.92 Å². The van der Waals surface area contributed by atoms with Crippen LogP contribution in [0.25, 0.3) is 10.6 Å². The monoisotopic (exact) mass is 329 g/mol. The van der Waals surface area contributed by atoms with Gasteiger partial charge in [0.2, 0.25) is 6.79 Å². The quantitative estimate of drug-likeness (QED) is 0.794. The number of nitrogens with zero attached hydrogens (tertiary/aromatic N) is 2. The smallest absolute Gasteiger partial charge is 0.276 e. The van der Waals surface area contributed by atoms with Gasteiger partial charge in [-0.3, -0.25) is 4.79 Å². The van der Waals surface area contributed by atoms with E-state index in [4.69, 9.17) is 14.0 Å². The van der Waals surface area contributed by atoms with E-state index in [9.17, 15) is 4.79 Å². The number of anilines is 1. The molecule has 0 bridgehead atoms. The lowest BCUT2D eigenvalue weighted by Gasteiger charge is -1.99. The van der Waals surface area contributed by atoms with E-state index in [0.717, 1.165) is 10.6 Å². The molecule has 0 fully saturated rings. The highest BCUT2D eigenvalue weighted by Crippen LogP contribution is 2.36. The molecular formula is C15H11N3O4S. The van der Waals surface area contributed by atoms with Gasteiger partial charge in [-0.2, -0.15) is 0 Å². The number of aromatic nitrogens is 2. The molecule has 0 saturated heterocycles. The number of fused-ring (bicyclic) bond motifs is 1. The fraction of sp³-hybridized carbons (Fsp3) is 0.133. The first-order valence-corrected chi connectivity index (χ1v) is 7.67. The van der Waals surface area contributed by atoms with Gasteiger partial charge in [-0.15, -0.1) is 11.3 Å². The summed E-state index contributed by atoms with van der Waals surface area (Å²) in [7, 11) is 0. The zero-order chi connectivity index (χ0) is 15.8. The summed E-state index contributed by atoms with van der Waals surface area (Å²) in [5, 5.41) is 8.79. The lowest BCUT2D eigenvalue weighted by atomic mass is 10.2. The van der Waals surface area contributed by atoms with Crippen molar-refractivity contribution in [3.05, 3.63) is 41.1 Å². The van der Waals surface area contributed by atoms with Crippen LogP contribution in [0.5, 0.6) is 11.5 Å². The zero-order valence-corrected chi connectivity index (χ0v) is 12.8. The highest BCUT2D eigenvalue weighted by molar-refractivity contribution is 7.13. The van der Waals surface area contributed by atoms with Crippen molar-refractivity contribution in [2.75, 3.05) is 12.1 Å². The highest BCUT2D eigenvalue weighted by Gasteiger charge is 2.17. The van der Waals surface area contributed by atoms with Crippen LogP contribution in [0.1, 0.15) is 16.2 Å². The van der Waals surface area contributed by atoms with Gasteiger partial charge < -0.3 is 19.3 Å². The molecule has 4 rings (SSSR count). The Morgan fingerprint density at radius 2 is 2.13 bits per heavy atom. The average Bonchev–Trinajstić information content (AvgIpc) is 3.26. The summed E-state index contributed by atoms with van der Waals surface area (Å²) in [5.41, 5.74) is 1.19. The third-order valence-corrected chi connectivity index (χ3v) is 4.12. The van der Waals surface area contributed by atoms with Crippen LogP contribution in [0.15, 0.2) is 34.2 Å². The number of aryl methyl sites for hydroxylation is 1. The van der Waals surface area contributed by atoms with Gasteiger partial charge in [0.25, 0.3) is 5.91 Å². The summed E-state index contributed by atoms with van der Waals surface area (Å²) in [4.78, 5) is 16.5. The number of hydrogen-bond donors (Lipinski definition) is 1. The van der Waals surface area contributed by atoms with E-state index in [1.54, 1.807) is 18.4 Å². The molecule has 1 aliphatic heterocycles. The number of carbonyl (C=O) groups excluding carboxylic acids is 1. The lowest BCUT2D eigenvalue weighted by molar-refractivity contribution is 0.102. The molecular weight excluding hydrogens is 318 g/mol. The van der Waals surface area contributed by atoms with Crippen LogP contribution < -0.4 is 14.8 Å². The van der Waals surface area contributed by atoms with Crippen molar-refractivity contribution in [1.29, 1.82) is 0 Å². The molecule has 1 aliphatic rings. The van der Waals surface area contributed by atoms with Gasteiger partial charge >= 0.3 is 0 Å². The highest BCUT2D eigenvalue weighted by atomic mass is 32.1. The average molecular weight is 329 g/mol. The summed E-state index contributed by atoms with van der Waals surface area (Å²) in [5.74, 6) is 2.05. The van der Waals surface area contributed by atoms with Crippen molar-refractivity contribution >= 4 is 23.1 Å². The second kappa shape index (κ2) is 5.40. The molecule has 0 atom stereocenters. The molecule has 0 radical (unpaired) electrons. The maximum absolute atomic E-state index is 12.2. The summed E-state index contributed by atoms with van der Waals surface area (Å²) in [6.45, 7) is 1.98. The van der Waals surface area contributed by atoms with Crippen molar-refractivity contribution in [2.45, 2.75) is 6.92 Å². The first-order chi connectivity index (χ1) is 11.2. The zero-order valence-electron chi connectivity index (χ0n) is 12.0. The Balaban J connectivity index is 1.55. The van der Waals surface area contributed by atoms with Gasteiger partial charge in [0, 0.05) is 17.0 Å². The van der Waals surface area contributed by atoms with E-state index in [1.807, 2.05) is 18.2 Å². The van der Waals surface area contributed by atoms with Gasteiger partial charge in [0.05, 0.1) is 0 Å². The number of hydrogen-bond acceptors (Lipinski definition) is 7. The summed E-state index contributed by atoms with van der Waals surface area (Å²) in [6, 6.07) is 7.21. The van der Waals surface area contributed by atoms with E-state index in [2.05, 4.69) is 15.5 Å². The van der Waals surface area contributed by atoms with Crippen molar-refractivity contribution in [3.63, 3.8) is 0 Å². The number of ether oxygens (including phenoxy) is 2. The Morgan fingerprint density at radius 3 is 2.96 bits per heavy atom. The molecule has 23 heavy (non-hydrogen) atoms. The molecule has 1 aromatic carbocycles. The van der Waals surface area contributed by atoms with Gasteiger partial charge in [0.15, 0.2) is 17.3 Å². The number of benzene rings is 1. The van der Waals surface area contributed by atoms with E-state index in [-0.39, 0.29) is 12.7 Å². The van der Waals surface area contributed by atoms with Crippen LogP contribution in [0.2, 0.25) is 0 Å². The molecule has 3 heterocycles. The predicted molar refractivity (Wildman–Crippen MR) is 82.9 cm³/mol. The molecule has 7 nitrogen and oxygen atoms in total. The van der Waals surface area contributed by atoms with Crippen LogP contribution in [-0.2, 0) is 0 Å². The second-order valence-electron chi connectivity index (χ2n) is 4.88. The number of amides is 1. The Kier molecular flexibility index (Phi) is 3.23. The number of thiazole rings is 1. The Hall–Kier alpha value is -2.87. The summed E-state index contributed by atoms with van der Waals surface area (Å²) >= 11 is 1.38. The molecule has 2 aromatic heterocycles. The molecule has 1 amide bonds. The third kappa shape index (κ3) is 2.64. The van der Waals surface area contributed by atoms with E-state index < -0.39 is 0 Å². The molecule has 116 valence electrons. The fourth-order valence-corrected chi connectivity index (χ4v) is 2.94. The molecule has 8 heteroatoms. The number of carbonyl (C=O) groups is 1. The van der Waals surface area contributed by atoms with Crippen molar-refractivity contribution < 1.29 is 18.8 Å². The Labute approximate surface area is 134 Å². The normalized spacial score (nSPS) is 12.4. The van der Waals surface area contributed by atoms with Crippen molar-refractivity contribution in [1.82, 2.24) is 10.1 Å². The first kappa shape index (κ1) is 13.8. The largest absolute Gasteiger partial charge is 0.454 e. The lowest BCUT2D eigenvalue weighted by Crippen LogP contribution is -2.12. The van der Waals surface area contributed by atoms with Crippen LogP contribution in [0.3, 0.4) is 0 Å². The SMILES string of the molecule is Cc1cc(NC(=O)c2csc(-c3ccc4c(c3)OCO4)n2)no1. The van der Waals surface area contributed by atoms with Crippen molar-refractivity contribution in [3.8, 4) is 22.1 Å². The van der Waals surface area contributed by atoms with Crippen LogP contribution in [-0.4, -0.2) is 22.8 Å². The molecule has 1 N–H and O–H groups in total. The first-order valence-electron chi connectivity index (χ1n) is 6.79. The summed E-state index contributed by atoms with van der Waals surface area (Å²) < 4.78 is 15.5. The minimum absolute atomic E-state index is 0.224. The standard InChI is InChI=1S/C15H11N3O4S/c1-8-4-13(18-22-8)17-14(19)10-6-23-15(16-10)9-2-3-11-12(5-9)21-7-20-11/h2-6H,7H2,1H3,(H,17,18,19). The molecule has 0 spiro atoms. The Morgan fingerprint density at radius 1 is 1.26 bits per heavy atom. The second-order valence-corrected chi connectivity index (χ2v) is 5.74. The van der Waals surface area contributed by atoms with E-state index in [1.165, 1.54) is 11.3 Å². The van der Waals surface area contributed by atoms with E-state index >= 15 is 0 Å². The summed E-state index contributed by atoms with van der Waals surface area (Å²) in [6.07, 6.45) is 0. The number of rotatable bonds is 3. The molecule has 0 saturated carbocycles. The minimum Gasteiger partial charge on any atom is -0.454 e. The molecule has 0 aliphatic carbocycles. The number of nitrogens with one attached hydrogen (secondary N) is 1. The maximum atomic E-state index is 12.2. The van der Waals surface area contributed by atoms with Crippen LogP contribution in [0.4, 0.5) is 5.82 Å². The molecule has 3 aromatic rings. The van der Waals surface area contributed by atoms with Gasteiger partial charge in [-0.1, -0.05) is 5.16 Å². The van der Waals surface area contributed by atoms with Gasteiger partial charge in [0.1, 0.15) is 16.5 Å². The minimum atomic E-state index is -0.332. The van der Waals surface area contributed by atoms with Crippen LogP contribution >= 0.6 is 11.3 Å². The fourth-order valence-electron chi connectivity index (χ4n) is 2.15. The van der Waals surface area contributed by atoms with Crippen molar-refractivity contribution in [2.24, 2.45) is 0 Å². The molecule has 0 unspecified atom stereocenters. The predicted octanol–water partition coefficient (Wildman–Crippen LogP) is 3.09. The Bertz CT molecular complexity index is 886. The topological polar surface area (TPSA) is 86.5 Å². The van der Waals surface area contributed by atoms with Gasteiger partial charge in [-0.25, -0.2) is 4.98 Å². The van der Waals surface area contributed by atoms with E-state index in [0.29, 0.717) is 28.8 Å². The van der Waals surface area contributed by atoms with Gasteiger partial charge in [-0.05, 0) is 25.1 Å². The third-order valence-electron chi connectivity index (χ3n) is 3.23.